The Bertz CT molecular complexity index is 1070. The number of rotatable bonds is 4. The highest BCUT2D eigenvalue weighted by Crippen LogP contribution is 2.25. The van der Waals surface area contributed by atoms with Gasteiger partial charge in [0, 0.05) is 37.4 Å². The zero-order valence-electron chi connectivity index (χ0n) is 17.3. The van der Waals surface area contributed by atoms with E-state index >= 15 is 0 Å². The molecule has 3 aromatic rings. The number of piperidine rings is 1. The second-order valence-electron chi connectivity index (χ2n) is 7.83. The third-order valence-electron chi connectivity index (χ3n) is 5.71. The lowest BCUT2D eigenvalue weighted by Crippen LogP contribution is -2.40. The first-order valence-electron chi connectivity index (χ1n) is 10.7. The Morgan fingerprint density at radius 3 is 2.52 bits per heavy atom. The van der Waals surface area contributed by atoms with Crippen molar-refractivity contribution in [1.82, 2.24) is 24.5 Å². The van der Waals surface area contributed by atoms with Crippen molar-refractivity contribution in [2.75, 3.05) is 55.3 Å². The van der Waals surface area contributed by atoms with Gasteiger partial charge in [-0.1, -0.05) is 0 Å². The highest BCUT2D eigenvalue weighted by Gasteiger charge is 2.20. The Balaban J connectivity index is 1.40. The van der Waals surface area contributed by atoms with Gasteiger partial charge in [-0.25, -0.2) is 4.98 Å². The Kier molecular flexibility index (Phi) is 5.29. The maximum atomic E-state index is 12.7. The topological polar surface area (TPSA) is 114 Å². The second kappa shape index (κ2) is 8.38. The molecule has 0 bridgehead atoms. The third kappa shape index (κ3) is 3.98. The molecule has 31 heavy (non-hydrogen) atoms. The summed E-state index contributed by atoms with van der Waals surface area (Å²) in [5.74, 6) is 1.70. The first kappa shape index (κ1) is 19.6. The van der Waals surface area contributed by atoms with E-state index in [0.29, 0.717) is 55.1 Å². The van der Waals surface area contributed by atoms with Crippen LogP contribution in [0.25, 0.3) is 5.65 Å². The van der Waals surface area contributed by atoms with Crippen LogP contribution >= 0.6 is 0 Å². The molecule has 3 N–H and O–H groups in total. The Morgan fingerprint density at radius 1 is 1.03 bits per heavy atom. The first-order valence-corrected chi connectivity index (χ1v) is 10.7. The van der Waals surface area contributed by atoms with Gasteiger partial charge in [-0.15, -0.1) is 5.10 Å². The largest absolute Gasteiger partial charge is 0.382 e. The summed E-state index contributed by atoms with van der Waals surface area (Å²) in [6.45, 7) is 4.27. The lowest BCUT2D eigenvalue weighted by Gasteiger charge is -2.27. The van der Waals surface area contributed by atoms with Gasteiger partial charge in [0.25, 0.3) is 5.91 Å². The number of carbonyl (C=O) groups is 1. The van der Waals surface area contributed by atoms with Gasteiger partial charge in [0.05, 0.1) is 19.4 Å². The summed E-state index contributed by atoms with van der Waals surface area (Å²) in [5, 5.41) is 7.92. The predicted molar refractivity (Wildman–Crippen MR) is 118 cm³/mol. The SMILES string of the molecule is Nc1cnc2c(Nc3ccc(C(=O)N4CCOCC4)cc3)nc(N3CCCCC3)nn12. The van der Waals surface area contributed by atoms with E-state index in [9.17, 15) is 4.79 Å². The van der Waals surface area contributed by atoms with Crippen LogP contribution in [0.3, 0.4) is 0 Å². The quantitative estimate of drug-likeness (QED) is 0.655. The third-order valence-corrected chi connectivity index (χ3v) is 5.71. The monoisotopic (exact) mass is 422 g/mol. The standard InChI is InChI=1S/C21H26N8O2/c22-17-14-23-19-18(25-21(26-29(17)19)28-8-2-1-3-9-28)24-16-6-4-15(5-7-16)20(30)27-10-12-31-13-11-27/h4-7,14H,1-3,8-13,22H2,(H,24,25,26). The number of anilines is 4. The molecule has 2 fully saturated rings. The van der Waals surface area contributed by atoms with Gasteiger partial charge in [-0.2, -0.15) is 9.50 Å². The summed E-state index contributed by atoms with van der Waals surface area (Å²) in [6, 6.07) is 7.40. The number of ether oxygens (including phenoxy) is 1. The number of nitrogens with zero attached hydrogens (tertiary/aromatic N) is 6. The molecule has 0 unspecified atom stereocenters. The van der Waals surface area contributed by atoms with Gasteiger partial charge >= 0.3 is 0 Å². The molecule has 162 valence electrons. The predicted octanol–water partition coefficient (Wildman–Crippen LogP) is 1.91. The van der Waals surface area contributed by atoms with Gasteiger partial charge < -0.3 is 25.6 Å². The number of benzene rings is 1. The second-order valence-corrected chi connectivity index (χ2v) is 7.83. The van der Waals surface area contributed by atoms with E-state index in [1.165, 1.54) is 6.42 Å². The van der Waals surface area contributed by atoms with Crippen LogP contribution in [-0.2, 0) is 4.74 Å². The van der Waals surface area contributed by atoms with Crippen molar-refractivity contribution >= 4 is 34.8 Å². The van der Waals surface area contributed by atoms with Crippen LogP contribution in [0.4, 0.5) is 23.3 Å². The van der Waals surface area contributed by atoms with E-state index in [2.05, 4.69) is 20.3 Å². The zero-order valence-corrected chi connectivity index (χ0v) is 17.3. The summed E-state index contributed by atoms with van der Waals surface area (Å²) >= 11 is 0. The number of nitrogens with one attached hydrogen (secondary N) is 1. The van der Waals surface area contributed by atoms with Gasteiger partial charge in [-0.3, -0.25) is 4.79 Å². The molecule has 10 heteroatoms. The summed E-state index contributed by atoms with van der Waals surface area (Å²) in [6.07, 6.45) is 5.07. The van der Waals surface area contributed by atoms with Crippen LogP contribution < -0.4 is 16.0 Å². The van der Waals surface area contributed by atoms with Crippen LogP contribution in [0.5, 0.6) is 0 Å². The van der Waals surface area contributed by atoms with Crippen LogP contribution in [0.1, 0.15) is 29.6 Å². The van der Waals surface area contributed by atoms with Crippen molar-refractivity contribution in [3.8, 4) is 0 Å². The highest BCUT2D eigenvalue weighted by molar-refractivity contribution is 5.94. The number of hydrogen-bond donors (Lipinski definition) is 2. The number of imidazole rings is 1. The van der Waals surface area contributed by atoms with E-state index in [4.69, 9.17) is 15.5 Å². The van der Waals surface area contributed by atoms with Crippen molar-refractivity contribution in [2.24, 2.45) is 0 Å². The maximum absolute atomic E-state index is 12.7. The first-order chi connectivity index (χ1) is 15.2. The average Bonchev–Trinajstić information content (AvgIpc) is 3.21. The van der Waals surface area contributed by atoms with Gasteiger partial charge in [0.1, 0.15) is 5.82 Å². The Morgan fingerprint density at radius 2 is 1.77 bits per heavy atom. The fourth-order valence-electron chi connectivity index (χ4n) is 3.98. The minimum atomic E-state index is 0.0210. The average molecular weight is 422 g/mol. The fraction of sp³-hybridized carbons (Fsp3) is 0.429. The smallest absolute Gasteiger partial charge is 0.254 e. The highest BCUT2D eigenvalue weighted by atomic mass is 16.5. The van der Waals surface area contributed by atoms with Crippen LogP contribution in [0.2, 0.25) is 0 Å². The minimum absolute atomic E-state index is 0.0210. The molecule has 2 aliphatic rings. The number of hydrogen-bond acceptors (Lipinski definition) is 8. The number of fused-ring (bicyclic) bond motifs is 1. The molecular weight excluding hydrogens is 396 g/mol. The molecular formula is C21H26N8O2. The lowest BCUT2D eigenvalue weighted by atomic mass is 10.1. The van der Waals surface area contributed by atoms with E-state index < -0.39 is 0 Å². The van der Waals surface area contributed by atoms with Crippen molar-refractivity contribution in [3.05, 3.63) is 36.0 Å². The molecule has 0 aliphatic carbocycles. The molecule has 0 saturated carbocycles. The molecule has 1 amide bonds. The van der Waals surface area contributed by atoms with Gasteiger partial charge in [0.2, 0.25) is 5.95 Å². The number of aromatic nitrogens is 4. The molecule has 1 aromatic carbocycles. The minimum Gasteiger partial charge on any atom is -0.382 e. The summed E-state index contributed by atoms with van der Waals surface area (Å²) in [7, 11) is 0. The molecule has 2 aromatic heterocycles. The van der Waals surface area contributed by atoms with Crippen molar-refractivity contribution < 1.29 is 9.53 Å². The number of amides is 1. The fourth-order valence-corrected chi connectivity index (χ4v) is 3.98. The molecule has 0 radical (unpaired) electrons. The van der Waals surface area contributed by atoms with Crippen molar-refractivity contribution in [1.29, 1.82) is 0 Å². The molecule has 10 nitrogen and oxygen atoms in total. The van der Waals surface area contributed by atoms with Crippen molar-refractivity contribution in [2.45, 2.75) is 19.3 Å². The van der Waals surface area contributed by atoms with Gasteiger partial charge in [0.15, 0.2) is 11.5 Å². The van der Waals surface area contributed by atoms with E-state index in [-0.39, 0.29) is 5.91 Å². The van der Waals surface area contributed by atoms with E-state index in [1.54, 1.807) is 10.7 Å². The lowest BCUT2D eigenvalue weighted by molar-refractivity contribution is 0.0303. The van der Waals surface area contributed by atoms with Gasteiger partial charge in [-0.05, 0) is 43.5 Å². The number of morpholine rings is 1. The normalized spacial score (nSPS) is 17.2. The molecule has 2 saturated heterocycles. The summed E-state index contributed by atoms with van der Waals surface area (Å²) < 4.78 is 6.95. The van der Waals surface area contributed by atoms with Crippen LogP contribution in [-0.4, -0.2) is 69.8 Å². The number of nitrogen functional groups attached to an aromatic ring is 1. The van der Waals surface area contributed by atoms with Crippen molar-refractivity contribution in [3.63, 3.8) is 0 Å². The van der Waals surface area contributed by atoms with Crippen LogP contribution in [0, 0.1) is 0 Å². The van der Waals surface area contributed by atoms with E-state index in [1.807, 2.05) is 29.2 Å². The molecule has 5 rings (SSSR count). The zero-order chi connectivity index (χ0) is 21.2. The van der Waals surface area contributed by atoms with Crippen LogP contribution in [0.15, 0.2) is 30.5 Å². The molecule has 0 atom stereocenters. The molecule has 0 spiro atoms. The number of nitrogens with two attached hydrogens (primary N) is 1. The molecule has 2 aliphatic heterocycles. The summed E-state index contributed by atoms with van der Waals surface area (Å²) in [5.41, 5.74) is 8.10. The summed E-state index contributed by atoms with van der Waals surface area (Å²) in [4.78, 5) is 25.8. The number of carbonyl (C=O) groups excluding carboxylic acids is 1. The maximum Gasteiger partial charge on any atom is 0.254 e. The van der Waals surface area contributed by atoms with E-state index in [0.717, 1.165) is 31.6 Å². The molecule has 4 heterocycles. The Labute approximate surface area is 180 Å². The Hall–Kier alpha value is -3.40.